The molecule has 0 atom stereocenters. The van der Waals surface area contributed by atoms with Crippen LogP contribution in [0.1, 0.15) is 11.1 Å². The van der Waals surface area contributed by atoms with Crippen molar-refractivity contribution in [3.63, 3.8) is 0 Å². The predicted octanol–water partition coefficient (Wildman–Crippen LogP) is 5.15. The van der Waals surface area contributed by atoms with Crippen LogP contribution in [0.15, 0.2) is 39.3 Å². The van der Waals surface area contributed by atoms with E-state index in [9.17, 15) is 0 Å². The highest BCUT2D eigenvalue weighted by molar-refractivity contribution is 9.11. The molecule has 0 radical (unpaired) electrons. The van der Waals surface area contributed by atoms with Crippen LogP contribution in [0.25, 0.3) is 0 Å². The SMILES string of the molecule is Cc1cc(Nc2cccc(C)c2Br)c(Br)cc1N. The van der Waals surface area contributed by atoms with Gasteiger partial charge < -0.3 is 11.1 Å². The highest BCUT2D eigenvalue weighted by atomic mass is 79.9. The highest BCUT2D eigenvalue weighted by Gasteiger charge is 2.07. The number of rotatable bonds is 2. The Balaban J connectivity index is 2.40. The number of hydrogen-bond acceptors (Lipinski definition) is 2. The molecule has 0 fully saturated rings. The molecular formula is C14H14Br2N2. The zero-order valence-corrected chi connectivity index (χ0v) is 13.4. The molecule has 94 valence electrons. The van der Waals surface area contributed by atoms with E-state index < -0.39 is 0 Å². The lowest BCUT2D eigenvalue weighted by Gasteiger charge is -2.13. The van der Waals surface area contributed by atoms with Gasteiger partial charge in [0.1, 0.15) is 0 Å². The standard InChI is InChI=1S/C14H14Br2N2/c1-8-4-3-5-12(14(8)16)18-13-6-9(2)11(17)7-10(13)15/h3-7,18H,17H2,1-2H3. The van der Waals surface area contributed by atoms with Crippen molar-refractivity contribution in [2.24, 2.45) is 0 Å². The number of nitrogen functional groups attached to an aromatic ring is 1. The second-order valence-corrected chi connectivity index (χ2v) is 5.90. The van der Waals surface area contributed by atoms with E-state index in [4.69, 9.17) is 5.73 Å². The van der Waals surface area contributed by atoms with Crippen LogP contribution in [0, 0.1) is 13.8 Å². The summed E-state index contributed by atoms with van der Waals surface area (Å²) >= 11 is 7.12. The van der Waals surface area contributed by atoms with Gasteiger partial charge in [0.2, 0.25) is 0 Å². The largest absolute Gasteiger partial charge is 0.398 e. The first kappa shape index (κ1) is 13.4. The summed E-state index contributed by atoms with van der Waals surface area (Å²) in [6.45, 7) is 4.07. The first-order valence-corrected chi connectivity index (χ1v) is 7.15. The van der Waals surface area contributed by atoms with E-state index in [1.54, 1.807) is 0 Å². The van der Waals surface area contributed by atoms with E-state index in [2.05, 4.69) is 50.2 Å². The van der Waals surface area contributed by atoms with Crippen molar-refractivity contribution < 1.29 is 0 Å². The molecule has 0 saturated heterocycles. The van der Waals surface area contributed by atoms with E-state index in [0.29, 0.717) is 0 Å². The maximum absolute atomic E-state index is 5.87. The van der Waals surface area contributed by atoms with E-state index in [1.165, 1.54) is 5.56 Å². The number of nitrogens with one attached hydrogen (secondary N) is 1. The summed E-state index contributed by atoms with van der Waals surface area (Å²) in [6.07, 6.45) is 0. The minimum absolute atomic E-state index is 0.788. The summed E-state index contributed by atoms with van der Waals surface area (Å²) in [6, 6.07) is 10.1. The summed E-state index contributed by atoms with van der Waals surface area (Å²) < 4.78 is 2.03. The monoisotopic (exact) mass is 368 g/mol. The highest BCUT2D eigenvalue weighted by Crippen LogP contribution is 2.33. The van der Waals surface area contributed by atoms with Gasteiger partial charge in [0.25, 0.3) is 0 Å². The fraction of sp³-hybridized carbons (Fsp3) is 0.143. The second kappa shape index (κ2) is 5.33. The molecule has 0 amide bonds. The Morgan fingerprint density at radius 3 is 2.44 bits per heavy atom. The molecule has 2 aromatic carbocycles. The predicted molar refractivity (Wildman–Crippen MR) is 85.5 cm³/mol. The Morgan fingerprint density at radius 1 is 1.00 bits per heavy atom. The zero-order valence-electron chi connectivity index (χ0n) is 10.2. The van der Waals surface area contributed by atoms with Gasteiger partial charge in [-0.1, -0.05) is 12.1 Å². The van der Waals surface area contributed by atoms with E-state index in [1.807, 2.05) is 31.2 Å². The molecule has 0 aliphatic carbocycles. The molecule has 0 aliphatic rings. The van der Waals surface area contributed by atoms with Crippen LogP contribution >= 0.6 is 31.9 Å². The van der Waals surface area contributed by atoms with Gasteiger partial charge in [0, 0.05) is 14.6 Å². The molecule has 2 rings (SSSR count). The van der Waals surface area contributed by atoms with Crippen molar-refractivity contribution in [2.45, 2.75) is 13.8 Å². The summed E-state index contributed by atoms with van der Waals surface area (Å²) in [5.41, 5.74) is 11.0. The van der Waals surface area contributed by atoms with E-state index in [0.717, 1.165) is 31.6 Å². The molecule has 0 heterocycles. The van der Waals surface area contributed by atoms with Crippen LogP contribution in [0.3, 0.4) is 0 Å². The van der Waals surface area contributed by atoms with Crippen LogP contribution in [0.5, 0.6) is 0 Å². The molecule has 0 aromatic heterocycles. The van der Waals surface area contributed by atoms with Gasteiger partial charge in [-0.05, 0) is 75.0 Å². The van der Waals surface area contributed by atoms with Crippen LogP contribution in [0.2, 0.25) is 0 Å². The second-order valence-electron chi connectivity index (χ2n) is 4.25. The molecular weight excluding hydrogens is 356 g/mol. The van der Waals surface area contributed by atoms with Crippen LogP contribution in [-0.4, -0.2) is 0 Å². The average Bonchev–Trinajstić information content (AvgIpc) is 2.32. The van der Waals surface area contributed by atoms with Gasteiger partial charge in [0.15, 0.2) is 0 Å². The molecule has 2 aromatic rings. The number of hydrogen-bond donors (Lipinski definition) is 2. The normalized spacial score (nSPS) is 10.4. The number of anilines is 3. The third-order valence-corrected chi connectivity index (χ3v) is 4.53. The number of nitrogens with two attached hydrogens (primary N) is 1. The molecule has 2 nitrogen and oxygen atoms in total. The van der Waals surface area contributed by atoms with E-state index >= 15 is 0 Å². The summed E-state index contributed by atoms with van der Waals surface area (Å²) in [5, 5.41) is 3.40. The Morgan fingerprint density at radius 2 is 1.72 bits per heavy atom. The number of aryl methyl sites for hydroxylation is 2. The molecule has 0 saturated carbocycles. The molecule has 0 unspecified atom stereocenters. The van der Waals surface area contributed by atoms with Crippen LogP contribution in [0.4, 0.5) is 17.1 Å². The molecule has 0 aliphatic heterocycles. The maximum Gasteiger partial charge on any atom is 0.0533 e. The fourth-order valence-corrected chi connectivity index (χ4v) is 2.51. The van der Waals surface area contributed by atoms with Crippen LogP contribution < -0.4 is 11.1 Å². The smallest absolute Gasteiger partial charge is 0.0533 e. The average molecular weight is 370 g/mol. The van der Waals surface area contributed by atoms with Gasteiger partial charge in [-0.15, -0.1) is 0 Å². The minimum atomic E-state index is 0.788. The minimum Gasteiger partial charge on any atom is -0.398 e. The van der Waals surface area contributed by atoms with Gasteiger partial charge in [-0.25, -0.2) is 0 Å². The first-order valence-electron chi connectivity index (χ1n) is 5.57. The van der Waals surface area contributed by atoms with Crippen molar-refractivity contribution in [3.05, 3.63) is 50.4 Å². The summed E-state index contributed by atoms with van der Waals surface area (Å²) in [5.74, 6) is 0. The van der Waals surface area contributed by atoms with E-state index in [-0.39, 0.29) is 0 Å². The zero-order chi connectivity index (χ0) is 13.3. The van der Waals surface area contributed by atoms with Gasteiger partial charge in [-0.2, -0.15) is 0 Å². The van der Waals surface area contributed by atoms with Gasteiger partial charge >= 0.3 is 0 Å². The molecule has 4 heteroatoms. The molecule has 0 spiro atoms. The lowest BCUT2D eigenvalue weighted by Crippen LogP contribution is -1.97. The van der Waals surface area contributed by atoms with Crippen molar-refractivity contribution in [2.75, 3.05) is 11.1 Å². The number of benzene rings is 2. The Labute approximate surface area is 124 Å². The van der Waals surface area contributed by atoms with Crippen LogP contribution in [-0.2, 0) is 0 Å². The van der Waals surface area contributed by atoms with Crippen molar-refractivity contribution in [3.8, 4) is 0 Å². The molecule has 0 bridgehead atoms. The molecule has 3 N–H and O–H groups in total. The number of halogens is 2. The summed E-state index contributed by atoms with van der Waals surface area (Å²) in [7, 11) is 0. The lowest BCUT2D eigenvalue weighted by atomic mass is 10.1. The maximum atomic E-state index is 5.87. The van der Waals surface area contributed by atoms with Gasteiger partial charge in [0.05, 0.1) is 11.4 Å². The van der Waals surface area contributed by atoms with Gasteiger partial charge in [-0.3, -0.25) is 0 Å². The van der Waals surface area contributed by atoms with Crippen molar-refractivity contribution in [1.29, 1.82) is 0 Å². The van der Waals surface area contributed by atoms with Crippen molar-refractivity contribution in [1.82, 2.24) is 0 Å². The Kier molecular flexibility index (Phi) is 3.97. The lowest BCUT2D eigenvalue weighted by molar-refractivity contribution is 1.39. The third-order valence-electron chi connectivity index (χ3n) is 2.82. The quantitative estimate of drug-likeness (QED) is 0.718. The Hall–Kier alpha value is -1.00. The Bertz CT molecular complexity index is 595. The first-order chi connectivity index (χ1) is 8.49. The van der Waals surface area contributed by atoms with Crippen molar-refractivity contribution >= 4 is 48.9 Å². The fourth-order valence-electron chi connectivity index (χ4n) is 1.68. The molecule has 18 heavy (non-hydrogen) atoms. The topological polar surface area (TPSA) is 38.0 Å². The summed E-state index contributed by atoms with van der Waals surface area (Å²) in [4.78, 5) is 0. The third kappa shape index (κ3) is 2.70.